The molecule has 2 N–H and O–H groups in total. The van der Waals surface area contributed by atoms with E-state index in [-0.39, 0.29) is 12.5 Å². The average Bonchev–Trinajstić information content (AvgIpc) is 2.43. The summed E-state index contributed by atoms with van der Waals surface area (Å²) in [5.41, 5.74) is 0.426. The molecule has 1 rings (SSSR count). The van der Waals surface area contributed by atoms with Crippen LogP contribution in [0.2, 0.25) is 0 Å². The monoisotopic (exact) mass is 279 g/mol. The molecule has 20 heavy (non-hydrogen) atoms. The highest BCUT2D eigenvalue weighted by molar-refractivity contribution is 5.97. The lowest BCUT2D eigenvalue weighted by atomic mass is 10.0. The first-order chi connectivity index (χ1) is 9.60. The van der Waals surface area contributed by atoms with Gasteiger partial charge in [-0.15, -0.1) is 0 Å². The molecule has 0 fully saturated rings. The molecule has 1 atom stereocenters. The molecule has 110 valence electrons. The van der Waals surface area contributed by atoms with Crippen molar-refractivity contribution in [1.29, 1.82) is 0 Å². The summed E-state index contributed by atoms with van der Waals surface area (Å²) >= 11 is 0. The first kappa shape index (κ1) is 16.0. The van der Waals surface area contributed by atoms with Crippen LogP contribution < -0.4 is 10.1 Å². The van der Waals surface area contributed by atoms with Crippen LogP contribution >= 0.6 is 0 Å². The highest BCUT2D eigenvalue weighted by atomic mass is 16.5. The molecule has 1 amide bonds. The van der Waals surface area contributed by atoms with Gasteiger partial charge in [-0.05, 0) is 25.5 Å². The minimum absolute atomic E-state index is 0.127. The number of hydrogen-bond acceptors (Lipinski definition) is 3. The standard InChI is InChI=1S/C15H21NO4/c1-3-7-11(15(18)19)10-16-14(17)12-8-5-6-9-13(12)20-4-2/h5-6,8-9,11H,3-4,7,10H2,1-2H3,(H,16,17)(H,18,19). The van der Waals surface area contributed by atoms with Gasteiger partial charge in [0.1, 0.15) is 5.75 Å². The van der Waals surface area contributed by atoms with E-state index in [2.05, 4.69) is 5.32 Å². The average molecular weight is 279 g/mol. The highest BCUT2D eigenvalue weighted by Gasteiger charge is 2.18. The summed E-state index contributed by atoms with van der Waals surface area (Å²) in [5.74, 6) is -1.24. The summed E-state index contributed by atoms with van der Waals surface area (Å²) in [6.45, 7) is 4.36. The quantitative estimate of drug-likeness (QED) is 0.765. The normalized spacial score (nSPS) is 11.7. The van der Waals surface area contributed by atoms with Crippen molar-refractivity contribution in [3.8, 4) is 5.75 Å². The van der Waals surface area contributed by atoms with Gasteiger partial charge in [-0.1, -0.05) is 25.5 Å². The molecule has 0 aromatic heterocycles. The number of carbonyl (C=O) groups is 2. The van der Waals surface area contributed by atoms with Gasteiger partial charge in [0.2, 0.25) is 0 Å². The number of aliphatic carboxylic acids is 1. The summed E-state index contributed by atoms with van der Waals surface area (Å²) in [7, 11) is 0. The van der Waals surface area contributed by atoms with Gasteiger partial charge in [0.25, 0.3) is 5.91 Å². The maximum Gasteiger partial charge on any atom is 0.308 e. The zero-order valence-corrected chi connectivity index (χ0v) is 11.9. The molecule has 1 unspecified atom stereocenters. The number of benzene rings is 1. The summed E-state index contributed by atoms with van der Waals surface area (Å²) in [6.07, 6.45) is 1.31. The number of hydrogen-bond donors (Lipinski definition) is 2. The predicted molar refractivity (Wildman–Crippen MR) is 76.0 cm³/mol. The summed E-state index contributed by atoms with van der Waals surface area (Å²) in [5, 5.41) is 11.7. The van der Waals surface area contributed by atoms with Crippen molar-refractivity contribution >= 4 is 11.9 Å². The summed E-state index contributed by atoms with van der Waals surface area (Å²) in [4.78, 5) is 23.1. The molecule has 5 nitrogen and oxygen atoms in total. The molecule has 0 heterocycles. The van der Waals surface area contributed by atoms with Gasteiger partial charge in [0, 0.05) is 6.54 Å². The van der Waals surface area contributed by atoms with Crippen molar-refractivity contribution in [1.82, 2.24) is 5.32 Å². The molecule has 0 aliphatic carbocycles. The van der Waals surface area contributed by atoms with Gasteiger partial charge in [-0.25, -0.2) is 0 Å². The van der Waals surface area contributed by atoms with Gasteiger partial charge in [-0.3, -0.25) is 9.59 Å². The smallest absolute Gasteiger partial charge is 0.308 e. The van der Waals surface area contributed by atoms with Crippen molar-refractivity contribution in [2.75, 3.05) is 13.2 Å². The van der Waals surface area contributed by atoms with Gasteiger partial charge in [-0.2, -0.15) is 0 Å². The fourth-order valence-electron chi connectivity index (χ4n) is 1.91. The Hall–Kier alpha value is -2.04. The zero-order valence-electron chi connectivity index (χ0n) is 11.9. The molecular weight excluding hydrogens is 258 g/mol. The molecule has 1 aromatic rings. The minimum atomic E-state index is -0.884. The van der Waals surface area contributed by atoms with Crippen molar-refractivity contribution in [2.24, 2.45) is 5.92 Å². The minimum Gasteiger partial charge on any atom is -0.493 e. The van der Waals surface area contributed by atoms with Gasteiger partial charge in [0.15, 0.2) is 0 Å². The topological polar surface area (TPSA) is 75.6 Å². The molecular formula is C15H21NO4. The second-order valence-corrected chi connectivity index (χ2v) is 4.46. The molecule has 0 bridgehead atoms. The molecule has 0 saturated carbocycles. The predicted octanol–water partition coefficient (Wildman–Crippen LogP) is 2.32. The van der Waals surface area contributed by atoms with Crippen LogP contribution in [0.4, 0.5) is 0 Å². The van der Waals surface area contributed by atoms with E-state index < -0.39 is 11.9 Å². The fraction of sp³-hybridized carbons (Fsp3) is 0.467. The molecule has 0 saturated heterocycles. The Bertz CT molecular complexity index is 459. The van der Waals surface area contributed by atoms with Crippen LogP contribution in [0.15, 0.2) is 24.3 Å². The van der Waals surface area contributed by atoms with Crippen molar-refractivity contribution < 1.29 is 19.4 Å². The van der Waals surface area contributed by atoms with E-state index in [0.717, 1.165) is 6.42 Å². The van der Waals surface area contributed by atoms with E-state index >= 15 is 0 Å². The van der Waals surface area contributed by atoms with Crippen molar-refractivity contribution in [3.63, 3.8) is 0 Å². The third kappa shape index (κ3) is 4.57. The molecule has 5 heteroatoms. The van der Waals surface area contributed by atoms with Gasteiger partial charge in [0.05, 0.1) is 18.1 Å². The Morgan fingerprint density at radius 1 is 1.30 bits per heavy atom. The number of ether oxygens (including phenoxy) is 1. The number of carboxylic acid groups (broad SMARTS) is 1. The largest absolute Gasteiger partial charge is 0.493 e. The number of para-hydroxylation sites is 1. The molecule has 0 spiro atoms. The number of nitrogens with one attached hydrogen (secondary N) is 1. The Kier molecular flexibility index (Phi) is 6.56. The number of rotatable bonds is 8. The second-order valence-electron chi connectivity index (χ2n) is 4.46. The van der Waals surface area contributed by atoms with E-state index in [1.165, 1.54) is 0 Å². The maximum absolute atomic E-state index is 12.1. The van der Waals surface area contributed by atoms with Crippen LogP contribution in [0.3, 0.4) is 0 Å². The van der Waals surface area contributed by atoms with Crippen LogP contribution in [-0.4, -0.2) is 30.1 Å². The number of carboxylic acids is 1. The first-order valence-electron chi connectivity index (χ1n) is 6.82. The summed E-state index contributed by atoms with van der Waals surface area (Å²) in [6, 6.07) is 6.92. The lowest BCUT2D eigenvalue weighted by molar-refractivity contribution is -0.141. The van der Waals surface area contributed by atoms with Crippen LogP contribution in [0.5, 0.6) is 5.75 Å². The van der Waals surface area contributed by atoms with E-state index in [0.29, 0.717) is 24.3 Å². The fourth-order valence-corrected chi connectivity index (χ4v) is 1.91. The van der Waals surface area contributed by atoms with Crippen LogP contribution in [-0.2, 0) is 4.79 Å². The van der Waals surface area contributed by atoms with Crippen LogP contribution in [0.1, 0.15) is 37.0 Å². The van der Waals surface area contributed by atoms with Gasteiger partial charge >= 0.3 is 5.97 Å². The van der Waals surface area contributed by atoms with E-state index in [1.54, 1.807) is 24.3 Å². The van der Waals surface area contributed by atoms with Crippen molar-refractivity contribution in [2.45, 2.75) is 26.7 Å². The first-order valence-corrected chi connectivity index (χ1v) is 6.82. The number of carbonyl (C=O) groups excluding carboxylic acids is 1. The Balaban J connectivity index is 2.69. The number of amides is 1. The Morgan fingerprint density at radius 3 is 2.60 bits per heavy atom. The molecule has 0 aliphatic rings. The second kappa shape index (κ2) is 8.19. The van der Waals surface area contributed by atoms with E-state index in [9.17, 15) is 9.59 Å². The highest BCUT2D eigenvalue weighted by Crippen LogP contribution is 2.17. The van der Waals surface area contributed by atoms with E-state index in [1.807, 2.05) is 13.8 Å². The third-order valence-corrected chi connectivity index (χ3v) is 2.93. The SMILES string of the molecule is CCCC(CNC(=O)c1ccccc1OCC)C(=O)O. The van der Waals surface area contributed by atoms with Crippen molar-refractivity contribution in [3.05, 3.63) is 29.8 Å². The Labute approximate surface area is 118 Å². The zero-order chi connectivity index (χ0) is 15.0. The maximum atomic E-state index is 12.1. The van der Waals surface area contributed by atoms with Crippen LogP contribution in [0, 0.1) is 5.92 Å². The Morgan fingerprint density at radius 2 is 2.00 bits per heavy atom. The van der Waals surface area contributed by atoms with E-state index in [4.69, 9.17) is 9.84 Å². The lowest BCUT2D eigenvalue weighted by Gasteiger charge is -2.14. The molecule has 0 aliphatic heterocycles. The van der Waals surface area contributed by atoms with Crippen LogP contribution in [0.25, 0.3) is 0 Å². The lowest BCUT2D eigenvalue weighted by Crippen LogP contribution is -2.33. The molecule has 1 aromatic carbocycles. The molecule has 0 radical (unpaired) electrons. The third-order valence-electron chi connectivity index (χ3n) is 2.93. The van der Waals surface area contributed by atoms with Gasteiger partial charge < -0.3 is 15.2 Å². The summed E-state index contributed by atoms with van der Waals surface area (Å²) < 4.78 is 5.38.